The number of alkyl halides is 3. The number of amides is 3. The lowest BCUT2D eigenvalue weighted by molar-refractivity contribution is -0.274. The van der Waals surface area contributed by atoms with E-state index in [0.29, 0.717) is 16.5 Å². The summed E-state index contributed by atoms with van der Waals surface area (Å²) in [6, 6.07) is 9.56. The molecule has 0 spiro atoms. The molecule has 0 bridgehead atoms. The molecule has 0 saturated carbocycles. The second-order valence-corrected chi connectivity index (χ2v) is 7.74. The summed E-state index contributed by atoms with van der Waals surface area (Å²) in [4.78, 5) is 32.7. The van der Waals surface area contributed by atoms with Crippen LogP contribution < -0.4 is 9.64 Å². The summed E-state index contributed by atoms with van der Waals surface area (Å²) in [6.07, 6.45) is -3.32. The lowest BCUT2D eigenvalue weighted by Crippen LogP contribution is -2.43. The number of carbonyl (C=O) groups excluding carboxylic acids is 2. The maximum atomic E-state index is 13.8. The molecule has 32 heavy (non-hydrogen) atoms. The average Bonchev–Trinajstić information content (AvgIpc) is 2.87. The minimum absolute atomic E-state index is 0.00577. The Balaban J connectivity index is 1.65. The molecule has 166 valence electrons. The van der Waals surface area contributed by atoms with Gasteiger partial charge >= 0.3 is 12.4 Å². The number of aromatic nitrogens is 1. The second kappa shape index (κ2) is 7.47. The third-order valence-electron chi connectivity index (χ3n) is 5.27. The van der Waals surface area contributed by atoms with Crippen LogP contribution in [0.2, 0.25) is 0 Å². The normalized spacial score (nSPS) is 16.2. The molecule has 0 radical (unpaired) electrons. The molecule has 3 amide bonds. The van der Waals surface area contributed by atoms with Crippen LogP contribution in [0, 0.1) is 5.82 Å². The van der Waals surface area contributed by atoms with E-state index in [2.05, 4.69) is 9.72 Å². The number of hydrogen-bond donors (Lipinski definition) is 0. The molecule has 0 aliphatic carbocycles. The van der Waals surface area contributed by atoms with E-state index in [1.54, 1.807) is 19.9 Å². The van der Waals surface area contributed by atoms with Crippen molar-refractivity contribution in [2.24, 2.45) is 0 Å². The average molecular weight is 447 g/mol. The van der Waals surface area contributed by atoms with E-state index in [-0.39, 0.29) is 12.2 Å². The first-order valence-electron chi connectivity index (χ1n) is 9.52. The number of carbonyl (C=O) groups is 2. The summed E-state index contributed by atoms with van der Waals surface area (Å²) in [7, 11) is 0. The van der Waals surface area contributed by atoms with E-state index < -0.39 is 35.4 Å². The van der Waals surface area contributed by atoms with Gasteiger partial charge in [-0.15, -0.1) is 13.2 Å². The molecule has 1 aliphatic heterocycles. The highest BCUT2D eigenvalue weighted by Gasteiger charge is 2.51. The smallest absolute Gasteiger partial charge is 0.406 e. The summed E-state index contributed by atoms with van der Waals surface area (Å²) < 4.78 is 54.8. The number of urea groups is 1. The molecular formula is C22H17F4N3O3. The van der Waals surface area contributed by atoms with Crippen molar-refractivity contribution in [2.45, 2.75) is 32.3 Å². The number of imide groups is 1. The predicted octanol–water partition coefficient (Wildman–Crippen LogP) is 5.02. The van der Waals surface area contributed by atoms with Gasteiger partial charge in [0.05, 0.1) is 11.2 Å². The molecule has 2 heterocycles. The summed E-state index contributed by atoms with van der Waals surface area (Å²) in [5.74, 6) is -1.48. The van der Waals surface area contributed by atoms with Gasteiger partial charge in [0.15, 0.2) is 0 Å². The molecule has 0 N–H and O–H groups in total. The molecule has 0 atom stereocenters. The molecule has 2 aromatic carbocycles. The van der Waals surface area contributed by atoms with Crippen LogP contribution in [0.15, 0.2) is 54.7 Å². The molecule has 3 aromatic rings. The van der Waals surface area contributed by atoms with Crippen LogP contribution in [0.4, 0.5) is 28.0 Å². The Kier molecular flexibility index (Phi) is 5.03. The van der Waals surface area contributed by atoms with E-state index in [0.717, 1.165) is 17.0 Å². The zero-order chi connectivity index (χ0) is 23.3. The minimum Gasteiger partial charge on any atom is -0.406 e. The van der Waals surface area contributed by atoms with Gasteiger partial charge < -0.3 is 9.64 Å². The van der Waals surface area contributed by atoms with Gasteiger partial charge in [0, 0.05) is 18.1 Å². The van der Waals surface area contributed by atoms with Crippen LogP contribution >= 0.6 is 0 Å². The molecule has 1 saturated heterocycles. The molecule has 1 aromatic heterocycles. The highest BCUT2D eigenvalue weighted by Crippen LogP contribution is 2.35. The number of benzene rings is 2. The number of fused-ring (bicyclic) bond motifs is 1. The van der Waals surface area contributed by atoms with Gasteiger partial charge in [0.25, 0.3) is 5.91 Å². The van der Waals surface area contributed by atoms with Gasteiger partial charge in [-0.25, -0.2) is 14.1 Å². The number of ether oxygens (including phenoxy) is 1. The van der Waals surface area contributed by atoms with Gasteiger partial charge in [-0.2, -0.15) is 0 Å². The highest BCUT2D eigenvalue weighted by molar-refractivity contribution is 6.23. The molecule has 1 fully saturated rings. The van der Waals surface area contributed by atoms with Gasteiger partial charge in [0.2, 0.25) is 0 Å². The first kappa shape index (κ1) is 21.5. The van der Waals surface area contributed by atoms with Gasteiger partial charge in [-0.3, -0.25) is 9.78 Å². The Morgan fingerprint density at radius 3 is 2.38 bits per heavy atom. The van der Waals surface area contributed by atoms with Crippen molar-refractivity contribution in [1.29, 1.82) is 0 Å². The minimum atomic E-state index is -4.85. The van der Waals surface area contributed by atoms with Crippen molar-refractivity contribution in [2.75, 3.05) is 4.90 Å². The standard InChI is InChI=1S/C22H17F4N3O3/c1-21(2)19(30)29(15-4-6-16(7-5-15)32-22(24,25)26)20(31)28(21)12-13-9-10-27-18-8-3-14(23)11-17(13)18/h3-11H,12H2,1-2H3. The maximum absolute atomic E-state index is 13.8. The summed E-state index contributed by atoms with van der Waals surface area (Å²) in [6.45, 7) is 3.14. The Morgan fingerprint density at radius 2 is 1.72 bits per heavy atom. The first-order valence-corrected chi connectivity index (χ1v) is 9.52. The number of hydrogen-bond acceptors (Lipinski definition) is 4. The van der Waals surface area contributed by atoms with Crippen molar-refractivity contribution in [3.63, 3.8) is 0 Å². The summed E-state index contributed by atoms with van der Waals surface area (Å²) >= 11 is 0. The zero-order valence-electron chi connectivity index (χ0n) is 17.0. The van der Waals surface area contributed by atoms with Crippen LogP contribution in [0.1, 0.15) is 19.4 Å². The molecular weight excluding hydrogens is 430 g/mol. The lowest BCUT2D eigenvalue weighted by atomic mass is 10.0. The number of rotatable bonds is 4. The predicted molar refractivity (Wildman–Crippen MR) is 107 cm³/mol. The van der Waals surface area contributed by atoms with E-state index in [1.165, 1.54) is 41.4 Å². The fraction of sp³-hybridized carbons (Fsp3) is 0.227. The topological polar surface area (TPSA) is 62.7 Å². The van der Waals surface area contributed by atoms with Crippen molar-refractivity contribution in [3.05, 3.63) is 66.1 Å². The lowest BCUT2D eigenvalue weighted by Gasteiger charge is -2.28. The van der Waals surface area contributed by atoms with Crippen LogP contribution in [0.25, 0.3) is 10.9 Å². The van der Waals surface area contributed by atoms with E-state index in [1.807, 2.05) is 0 Å². The molecule has 10 heteroatoms. The van der Waals surface area contributed by atoms with Crippen molar-refractivity contribution < 1.29 is 31.9 Å². The van der Waals surface area contributed by atoms with Crippen LogP contribution in [0.3, 0.4) is 0 Å². The van der Waals surface area contributed by atoms with E-state index in [9.17, 15) is 27.2 Å². The SMILES string of the molecule is CC1(C)C(=O)N(c2ccc(OC(F)(F)F)cc2)C(=O)N1Cc1ccnc2ccc(F)cc12. The van der Waals surface area contributed by atoms with Crippen molar-refractivity contribution >= 4 is 28.5 Å². The van der Waals surface area contributed by atoms with Gasteiger partial charge in [-0.1, -0.05) is 0 Å². The molecule has 4 rings (SSSR count). The maximum Gasteiger partial charge on any atom is 0.573 e. The number of anilines is 1. The first-order chi connectivity index (χ1) is 15.0. The largest absolute Gasteiger partial charge is 0.573 e. The van der Waals surface area contributed by atoms with Crippen LogP contribution in [-0.4, -0.2) is 33.7 Å². The fourth-order valence-corrected chi connectivity index (χ4v) is 3.61. The summed E-state index contributed by atoms with van der Waals surface area (Å²) in [5.41, 5.74) is -0.00626. The Morgan fingerprint density at radius 1 is 1.03 bits per heavy atom. The van der Waals surface area contributed by atoms with Gasteiger partial charge in [0.1, 0.15) is 17.1 Å². The van der Waals surface area contributed by atoms with Gasteiger partial charge in [-0.05, 0) is 67.9 Å². The van der Waals surface area contributed by atoms with Crippen LogP contribution in [0.5, 0.6) is 5.75 Å². The Hall–Kier alpha value is -3.69. The quantitative estimate of drug-likeness (QED) is 0.416. The van der Waals surface area contributed by atoms with Crippen molar-refractivity contribution in [3.8, 4) is 5.75 Å². The second-order valence-electron chi connectivity index (χ2n) is 7.74. The third-order valence-corrected chi connectivity index (χ3v) is 5.27. The monoisotopic (exact) mass is 447 g/mol. The zero-order valence-corrected chi connectivity index (χ0v) is 17.0. The summed E-state index contributed by atoms with van der Waals surface area (Å²) in [5, 5.41) is 0.510. The molecule has 1 aliphatic rings. The third kappa shape index (κ3) is 3.83. The Bertz CT molecular complexity index is 1210. The fourth-order valence-electron chi connectivity index (χ4n) is 3.61. The number of halogens is 4. The molecule has 6 nitrogen and oxygen atoms in total. The Labute approximate surface area is 180 Å². The van der Waals surface area contributed by atoms with Crippen LogP contribution in [-0.2, 0) is 11.3 Å². The molecule has 0 unspecified atom stereocenters. The number of pyridine rings is 1. The number of nitrogens with zero attached hydrogens (tertiary/aromatic N) is 3. The van der Waals surface area contributed by atoms with E-state index in [4.69, 9.17) is 0 Å². The van der Waals surface area contributed by atoms with Crippen molar-refractivity contribution in [1.82, 2.24) is 9.88 Å². The van der Waals surface area contributed by atoms with E-state index >= 15 is 0 Å². The highest BCUT2D eigenvalue weighted by atomic mass is 19.4.